The number of carbonyl (C=O) groups is 2. The van der Waals surface area contributed by atoms with Crippen molar-refractivity contribution < 1.29 is 31.9 Å². The summed E-state index contributed by atoms with van der Waals surface area (Å²) in [5, 5.41) is 3.54. The molecule has 0 aliphatic carbocycles. The maximum absolute atomic E-state index is 14.6. The van der Waals surface area contributed by atoms with E-state index < -0.39 is 45.8 Å². The van der Waals surface area contributed by atoms with Gasteiger partial charge in [0.15, 0.2) is 11.5 Å². The SMILES string of the molecule is CC(C)(C)NC(=O)[C@@H](Cc1ccccc1)N(Cc1ccc(Cl)c(Cl)c1)C(=O)CN(c1ccc(F)cc1)S(=O)(=O)c1ccc2c(c1)OCCO2. The molecule has 0 radical (unpaired) electrons. The zero-order valence-corrected chi connectivity index (χ0v) is 29.5. The van der Waals surface area contributed by atoms with Gasteiger partial charge >= 0.3 is 0 Å². The monoisotopic (exact) mass is 727 g/mol. The van der Waals surface area contributed by atoms with Crippen molar-refractivity contribution in [1.82, 2.24) is 10.2 Å². The molecule has 5 rings (SSSR count). The molecule has 0 spiro atoms. The zero-order chi connectivity index (χ0) is 35.3. The highest BCUT2D eigenvalue weighted by atomic mass is 35.5. The first kappa shape index (κ1) is 36.0. The highest BCUT2D eigenvalue weighted by molar-refractivity contribution is 7.92. The summed E-state index contributed by atoms with van der Waals surface area (Å²) in [6, 6.07) is 21.9. The van der Waals surface area contributed by atoms with Crippen LogP contribution in [0.1, 0.15) is 31.9 Å². The highest BCUT2D eigenvalue weighted by Gasteiger charge is 2.36. The summed E-state index contributed by atoms with van der Waals surface area (Å²) in [7, 11) is -4.46. The van der Waals surface area contributed by atoms with Crippen LogP contribution in [0.4, 0.5) is 10.1 Å². The minimum absolute atomic E-state index is 0.0397. The second-order valence-corrected chi connectivity index (χ2v) is 15.2. The first-order valence-corrected chi connectivity index (χ1v) is 17.7. The summed E-state index contributed by atoms with van der Waals surface area (Å²) in [5.74, 6) is -1.10. The van der Waals surface area contributed by atoms with Gasteiger partial charge in [-0.3, -0.25) is 13.9 Å². The van der Waals surface area contributed by atoms with Crippen LogP contribution in [-0.4, -0.2) is 56.5 Å². The van der Waals surface area contributed by atoms with Gasteiger partial charge in [-0.25, -0.2) is 12.8 Å². The van der Waals surface area contributed by atoms with Crippen LogP contribution in [0.25, 0.3) is 0 Å². The fourth-order valence-corrected chi connectivity index (χ4v) is 7.04. The molecule has 0 fully saturated rings. The summed E-state index contributed by atoms with van der Waals surface area (Å²) >= 11 is 12.5. The Labute approximate surface area is 295 Å². The number of nitrogens with one attached hydrogen (secondary N) is 1. The van der Waals surface area contributed by atoms with Crippen LogP contribution in [0, 0.1) is 5.82 Å². The van der Waals surface area contributed by atoms with E-state index in [2.05, 4.69) is 5.32 Å². The molecule has 1 heterocycles. The van der Waals surface area contributed by atoms with Gasteiger partial charge in [0.2, 0.25) is 11.8 Å². The summed E-state index contributed by atoms with van der Waals surface area (Å²) in [6.07, 6.45) is 0.126. The number of sulfonamides is 1. The smallest absolute Gasteiger partial charge is 0.264 e. The Hall–Kier alpha value is -4.32. The van der Waals surface area contributed by atoms with Crippen molar-refractivity contribution in [2.75, 3.05) is 24.1 Å². The highest BCUT2D eigenvalue weighted by Crippen LogP contribution is 2.34. The lowest BCUT2D eigenvalue weighted by Crippen LogP contribution is -2.56. The average molecular weight is 729 g/mol. The molecule has 49 heavy (non-hydrogen) atoms. The second kappa shape index (κ2) is 15.1. The Balaban J connectivity index is 1.59. The fraction of sp³-hybridized carbons (Fsp3) is 0.278. The maximum Gasteiger partial charge on any atom is 0.264 e. The Morgan fingerprint density at radius 2 is 1.53 bits per heavy atom. The van der Waals surface area contributed by atoms with Gasteiger partial charge in [0.25, 0.3) is 10.0 Å². The molecule has 13 heteroatoms. The number of anilines is 1. The molecule has 2 amide bonds. The Morgan fingerprint density at radius 3 is 2.18 bits per heavy atom. The lowest BCUT2D eigenvalue weighted by Gasteiger charge is -2.35. The second-order valence-electron chi connectivity index (χ2n) is 12.5. The van der Waals surface area contributed by atoms with Crippen LogP contribution in [0.5, 0.6) is 11.5 Å². The Kier molecular flexibility index (Phi) is 11.1. The van der Waals surface area contributed by atoms with Gasteiger partial charge in [-0.2, -0.15) is 0 Å². The number of amides is 2. The minimum Gasteiger partial charge on any atom is -0.486 e. The molecule has 1 aliphatic rings. The van der Waals surface area contributed by atoms with Crippen LogP contribution in [0.15, 0.2) is 95.9 Å². The number of hydrogen-bond donors (Lipinski definition) is 1. The summed E-state index contributed by atoms with van der Waals surface area (Å²) in [6.45, 7) is 5.20. The first-order valence-electron chi connectivity index (χ1n) is 15.5. The van der Waals surface area contributed by atoms with Gasteiger partial charge in [-0.1, -0.05) is 59.6 Å². The molecule has 0 saturated carbocycles. The van der Waals surface area contributed by atoms with E-state index in [0.29, 0.717) is 22.9 Å². The predicted octanol–water partition coefficient (Wildman–Crippen LogP) is 6.65. The lowest BCUT2D eigenvalue weighted by molar-refractivity contribution is -0.140. The molecule has 1 aliphatic heterocycles. The van der Waals surface area contributed by atoms with Gasteiger partial charge in [-0.15, -0.1) is 0 Å². The zero-order valence-electron chi connectivity index (χ0n) is 27.2. The number of benzene rings is 4. The van der Waals surface area contributed by atoms with E-state index in [4.69, 9.17) is 32.7 Å². The number of carbonyl (C=O) groups excluding carboxylic acids is 2. The van der Waals surface area contributed by atoms with Gasteiger partial charge in [0, 0.05) is 24.6 Å². The van der Waals surface area contributed by atoms with E-state index in [1.54, 1.807) is 18.2 Å². The van der Waals surface area contributed by atoms with Crippen LogP contribution in [0.3, 0.4) is 0 Å². The van der Waals surface area contributed by atoms with E-state index in [-0.39, 0.29) is 40.9 Å². The van der Waals surface area contributed by atoms with Crippen molar-refractivity contribution in [3.8, 4) is 11.5 Å². The molecule has 0 aromatic heterocycles. The van der Waals surface area contributed by atoms with Crippen molar-refractivity contribution in [1.29, 1.82) is 0 Å². The van der Waals surface area contributed by atoms with Crippen LogP contribution in [0.2, 0.25) is 10.0 Å². The molecule has 1 N–H and O–H groups in total. The van der Waals surface area contributed by atoms with Crippen LogP contribution < -0.4 is 19.1 Å². The Bertz CT molecular complexity index is 1920. The molecule has 9 nitrogen and oxygen atoms in total. The minimum atomic E-state index is -4.46. The van der Waals surface area contributed by atoms with Crippen LogP contribution >= 0.6 is 23.2 Å². The fourth-order valence-electron chi connectivity index (χ4n) is 5.29. The molecular formula is C36H36Cl2FN3O6S. The van der Waals surface area contributed by atoms with Gasteiger partial charge in [0.05, 0.1) is 20.6 Å². The molecule has 1 atom stereocenters. The number of nitrogens with zero attached hydrogens (tertiary/aromatic N) is 2. The molecular weight excluding hydrogens is 692 g/mol. The first-order chi connectivity index (χ1) is 23.2. The van der Waals surface area contributed by atoms with Gasteiger partial charge in [-0.05, 0) is 80.4 Å². The molecule has 0 bridgehead atoms. The number of fused-ring (bicyclic) bond motifs is 1. The number of hydrogen-bond acceptors (Lipinski definition) is 6. The molecule has 4 aromatic carbocycles. The third-order valence-corrected chi connectivity index (χ3v) is 10.1. The van der Waals surface area contributed by atoms with Crippen molar-refractivity contribution >= 4 is 50.7 Å². The number of ether oxygens (including phenoxy) is 2. The number of rotatable bonds is 11. The lowest BCUT2D eigenvalue weighted by atomic mass is 10.0. The molecule has 4 aromatic rings. The normalized spacial score (nSPS) is 13.3. The molecule has 258 valence electrons. The predicted molar refractivity (Wildman–Crippen MR) is 187 cm³/mol. The largest absolute Gasteiger partial charge is 0.486 e. The standard InChI is InChI=1S/C36H36Cl2FN3O6S/c1-36(2,3)40-35(44)31(20-24-7-5-4-6-8-24)41(22-25-9-15-29(37)30(38)19-25)34(43)23-42(27-12-10-26(39)11-13-27)49(45,46)28-14-16-32-33(21-28)48-18-17-47-32/h4-16,19,21,31H,17-18,20,22-23H2,1-3H3,(H,40,44)/t31-/m1/s1. The Morgan fingerprint density at radius 1 is 0.857 bits per heavy atom. The third kappa shape index (κ3) is 9.03. The summed E-state index contributed by atoms with van der Waals surface area (Å²) < 4.78 is 54.8. The van der Waals surface area contributed by atoms with Crippen molar-refractivity contribution in [3.05, 3.63) is 118 Å². The topological polar surface area (TPSA) is 105 Å². The third-order valence-electron chi connectivity index (χ3n) is 7.60. The van der Waals surface area contributed by atoms with Gasteiger partial charge in [0.1, 0.15) is 31.6 Å². The molecule has 0 saturated heterocycles. The van der Waals surface area contributed by atoms with E-state index in [9.17, 15) is 22.4 Å². The maximum atomic E-state index is 14.6. The van der Waals surface area contributed by atoms with Crippen molar-refractivity contribution in [3.63, 3.8) is 0 Å². The average Bonchev–Trinajstić information content (AvgIpc) is 3.06. The quantitative estimate of drug-likeness (QED) is 0.186. The van der Waals surface area contributed by atoms with Crippen molar-refractivity contribution in [2.45, 2.75) is 50.2 Å². The number of halogens is 3. The van der Waals surface area contributed by atoms with E-state index in [1.165, 1.54) is 35.2 Å². The molecule has 0 unspecified atom stereocenters. The summed E-state index contributed by atoms with van der Waals surface area (Å²) in [5.41, 5.74) is 0.736. The summed E-state index contributed by atoms with van der Waals surface area (Å²) in [4.78, 5) is 29.8. The van der Waals surface area contributed by atoms with E-state index in [0.717, 1.165) is 22.0 Å². The van der Waals surface area contributed by atoms with Crippen LogP contribution in [-0.2, 0) is 32.6 Å². The van der Waals surface area contributed by atoms with Gasteiger partial charge < -0.3 is 19.7 Å². The van der Waals surface area contributed by atoms with E-state index >= 15 is 0 Å². The van der Waals surface area contributed by atoms with Crippen molar-refractivity contribution in [2.24, 2.45) is 0 Å². The van der Waals surface area contributed by atoms with E-state index in [1.807, 2.05) is 51.1 Å².